The molecule has 0 radical (unpaired) electrons. The molecule has 2 atom stereocenters. The van der Waals surface area contributed by atoms with Gasteiger partial charge in [-0.05, 0) is 60.2 Å². The molecular weight excluding hydrogens is 516 g/mol. The third-order valence-corrected chi connectivity index (χ3v) is 6.90. The lowest BCUT2D eigenvalue weighted by Gasteiger charge is -2.10. The van der Waals surface area contributed by atoms with E-state index in [4.69, 9.17) is 46.4 Å². The number of rotatable bonds is 5. The molecule has 0 bridgehead atoms. The Morgan fingerprint density at radius 2 is 1.48 bits per heavy atom. The number of hydrogen-bond donors (Lipinski definition) is 2. The number of amides is 2. The number of hydrogen-bond acceptors (Lipinski definition) is 2. The number of carbonyl (C=O) groups is 2. The van der Waals surface area contributed by atoms with E-state index in [1.54, 1.807) is 18.2 Å². The molecule has 2 N–H and O–H groups in total. The van der Waals surface area contributed by atoms with E-state index in [1.165, 1.54) is 24.3 Å². The average molecular weight is 530 g/mol. The zero-order chi connectivity index (χ0) is 23.9. The summed E-state index contributed by atoms with van der Waals surface area (Å²) in [5.41, 5.74) is 0.798. The van der Waals surface area contributed by atoms with Crippen molar-refractivity contribution in [1.29, 1.82) is 0 Å². The van der Waals surface area contributed by atoms with Crippen molar-refractivity contribution in [3.63, 3.8) is 0 Å². The lowest BCUT2D eigenvalue weighted by atomic mass is 10.1. The van der Waals surface area contributed by atoms with Gasteiger partial charge >= 0.3 is 0 Å². The molecule has 10 heteroatoms. The van der Waals surface area contributed by atoms with Crippen molar-refractivity contribution in [3.05, 3.63) is 93.5 Å². The largest absolute Gasteiger partial charge is 0.326 e. The summed E-state index contributed by atoms with van der Waals surface area (Å²) in [6.07, 6.45) is 0. The van der Waals surface area contributed by atoms with E-state index in [1.807, 2.05) is 0 Å². The maximum atomic E-state index is 14.3. The predicted molar refractivity (Wildman–Crippen MR) is 127 cm³/mol. The fraction of sp³-hybridized carbons (Fsp3) is 0.130. The van der Waals surface area contributed by atoms with E-state index in [0.717, 1.165) is 18.2 Å². The summed E-state index contributed by atoms with van der Waals surface area (Å²) < 4.78 is 25.9. The van der Waals surface area contributed by atoms with Crippen molar-refractivity contribution < 1.29 is 18.4 Å². The van der Waals surface area contributed by atoms with Crippen molar-refractivity contribution in [1.82, 2.24) is 0 Å². The summed E-state index contributed by atoms with van der Waals surface area (Å²) in [5.74, 6) is -3.88. The normalized spacial score (nSPS) is 18.5. The van der Waals surface area contributed by atoms with Crippen molar-refractivity contribution in [2.24, 2.45) is 5.92 Å². The SMILES string of the molecule is O=C(Nc1ccc(F)cc1)c1cc(NC(=O)[C@H]2[C@H](c3ccc(Cl)c(Cl)c3)C2(Cl)Cl)ccc1F. The van der Waals surface area contributed by atoms with Gasteiger partial charge in [0.2, 0.25) is 5.91 Å². The summed E-state index contributed by atoms with van der Waals surface area (Å²) in [5, 5.41) is 5.75. The van der Waals surface area contributed by atoms with Gasteiger partial charge in [-0.15, -0.1) is 23.2 Å². The second kappa shape index (κ2) is 9.11. The molecule has 1 aliphatic rings. The van der Waals surface area contributed by atoms with Gasteiger partial charge in [-0.1, -0.05) is 29.3 Å². The lowest BCUT2D eigenvalue weighted by molar-refractivity contribution is -0.117. The van der Waals surface area contributed by atoms with Crippen LogP contribution in [0.5, 0.6) is 0 Å². The molecule has 3 aromatic rings. The maximum absolute atomic E-state index is 14.3. The smallest absolute Gasteiger partial charge is 0.258 e. The monoisotopic (exact) mass is 528 g/mol. The van der Waals surface area contributed by atoms with Crippen molar-refractivity contribution in [2.45, 2.75) is 10.3 Å². The highest BCUT2D eigenvalue weighted by molar-refractivity contribution is 6.53. The Bertz CT molecular complexity index is 1250. The van der Waals surface area contributed by atoms with Crippen LogP contribution in [0.2, 0.25) is 10.0 Å². The van der Waals surface area contributed by atoms with E-state index in [0.29, 0.717) is 15.6 Å². The van der Waals surface area contributed by atoms with Gasteiger partial charge in [-0.3, -0.25) is 9.59 Å². The van der Waals surface area contributed by atoms with Crippen molar-refractivity contribution >= 4 is 69.6 Å². The second-order valence-electron chi connectivity index (χ2n) is 7.45. The first-order chi connectivity index (χ1) is 15.6. The van der Waals surface area contributed by atoms with Gasteiger partial charge < -0.3 is 10.6 Å². The van der Waals surface area contributed by atoms with E-state index >= 15 is 0 Å². The van der Waals surface area contributed by atoms with Crippen LogP contribution in [0.1, 0.15) is 21.8 Å². The Morgan fingerprint density at radius 1 is 0.818 bits per heavy atom. The van der Waals surface area contributed by atoms with Crippen molar-refractivity contribution in [3.8, 4) is 0 Å². The number of alkyl halides is 2. The molecule has 3 aromatic carbocycles. The molecule has 2 amide bonds. The number of benzene rings is 3. The molecule has 1 fully saturated rings. The Kier molecular flexibility index (Phi) is 6.56. The van der Waals surface area contributed by atoms with Crippen LogP contribution in [0.15, 0.2) is 60.7 Å². The van der Waals surface area contributed by atoms with Gasteiger partial charge in [0.05, 0.1) is 21.5 Å². The van der Waals surface area contributed by atoms with E-state index in [9.17, 15) is 18.4 Å². The third-order valence-electron chi connectivity index (χ3n) is 5.22. The van der Waals surface area contributed by atoms with Gasteiger partial charge in [0.25, 0.3) is 5.91 Å². The number of halogens is 6. The number of anilines is 2. The summed E-state index contributed by atoms with van der Waals surface area (Å²) in [7, 11) is 0. The summed E-state index contributed by atoms with van der Waals surface area (Å²) in [6.45, 7) is 0. The lowest BCUT2D eigenvalue weighted by Crippen LogP contribution is -2.18. The molecule has 0 aromatic heterocycles. The number of nitrogens with one attached hydrogen (secondary N) is 2. The van der Waals surface area contributed by atoms with Gasteiger partial charge in [0.1, 0.15) is 16.0 Å². The molecule has 0 heterocycles. The van der Waals surface area contributed by atoms with Crippen LogP contribution in [0.4, 0.5) is 20.2 Å². The zero-order valence-electron chi connectivity index (χ0n) is 16.5. The van der Waals surface area contributed by atoms with Crippen LogP contribution in [0, 0.1) is 17.6 Å². The van der Waals surface area contributed by atoms with Crippen LogP contribution >= 0.6 is 46.4 Å². The third kappa shape index (κ3) is 4.94. The Labute approximate surface area is 207 Å². The quantitative estimate of drug-likeness (QED) is 0.348. The molecule has 33 heavy (non-hydrogen) atoms. The predicted octanol–water partition coefficient (Wildman–Crippen LogP) is 7.05. The second-order valence-corrected chi connectivity index (χ2v) is 9.71. The van der Waals surface area contributed by atoms with Crippen LogP contribution in [0.3, 0.4) is 0 Å². The van der Waals surface area contributed by atoms with E-state index in [2.05, 4.69) is 10.6 Å². The summed E-state index contributed by atoms with van der Waals surface area (Å²) >= 11 is 24.7. The molecule has 4 rings (SSSR count). The highest BCUT2D eigenvalue weighted by Crippen LogP contribution is 2.65. The first kappa shape index (κ1) is 23.8. The highest BCUT2D eigenvalue weighted by atomic mass is 35.5. The fourth-order valence-corrected chi connectivity index (χ4v) is 4.64. The van der Waals surface area contributed by atoms with Crippen LogP contribution in [-0.4, -0.2) is 16.1 Å². The van der Waals surface area contributed by atoms with Gasteiger partial charge in [-0.25, -0.2) is 8.78 Å². The molecule has 4 nitrogen and oxygen atoms in total. The average Bonchev–Trinajstić information content (AvgIpc) is 3.35. The molecule has 1 saturated carbocycles. The molecule has 0 unspecified atom stereocenters. The van der Waals surface area contributed by atoms with Gasteiger partial charge in [0, 0.05) is 17.3 Å². The first-order valence-electron chi connectivity index (χ1n) is 9.58. The fourth-order valence-electron chi connectivity index (χ4n) is 3.50. The van der Waals surface area contributed by atoms with Crippen molar-refractivity contribution in [2.75, 3.05) is 10.6 Å². The van der Waals surface area contributed by atoms with Crippen LogP contribution in [-0.2, 0) is 4.79 Å². The number of carbonyl (C=O) groups excluding carboxylic acids is 2. The molecule has 170 valence electrons. The molecule has 0 spiro atoms. The minimum atomic E-state index is -1.37. The molecule has 0 aliphatic heterocycles. The standard InChI is InChI=1S/C23H14Cl4F2N2O2/c24-16-7-1-11(9-17(16)25)19-20(23(19,26)27)22(33)31-14-6-8-18(29)15(10-14)21(32)30-13-4-2-12(28)3-5-13/h1-10,19-20H,(H,30,32)(H,31,33)/t19-,20+/m0/s1. The van der Waals surface area contributed by atoms with Crippen LogP contribution in [0.25, 0.3) is 0 Å². The summed E-state index contributed by atoms with van der Waals surface area (Å²) in [6, 6.07) is 13.4. The minimum Gasteiger partial charge on any atom is -0.326 e. The molecule has 1 aliphatic carbocycles. The van der Waals surface area contributed by atoms with Gasteiger partial charge in [-0.2, -0.15) is 0 Å². The topological polar surface area (TPSA) is 58.2 Å². The molecule has 0 saturated heterocycles. The maximum Gasteiger partial charge on any atom is 0.258 e. The first-order valence-corrected chi connectivity index (χ1v) is 11.1. The van der Waals surface area contributed by atoms with Crippen LogP contribution < -0.4 is 10.6 Å². The highest BCUT2D eigenvalue weighted by Gasteiger charge is 2.67. The molecular formula is C23H14Cl4F2N2O2. The zero-order valence-corrected chi connectivity index (χ0v) is 19.5. The minimum absolute atomic E-state index is 0.176. The Morgan fingerprint density at radius 3 is 2.15 bits per heavy atom. The Hall–Kier alpha value is -2.38. The summed E-state index contributed by atoms with van der Waals surface area (Å²) in [4.78, 5) is 25.3. The van der Waals surface area contributed by atoms with E-state index < -0.39 is 39.6 Å². The Balaban J connectivity index is 1.50. The van der Waals surface area contributed by atoms with Gasteiger partial charge in [0.15, 0.2) is 0 Å². The van der Waals surface area contributed by atoms with E-state index in [-0.39, 0.29) is 16.9 Å².